The maximum absolute atomic E-state index is 13.5. The van der Waals surface area contributed by atoms with Gasteiger partial charge < -0.3 is 14.4 Å². The van der Waals surface area contributed by atoms with E-state index in [9.17, 15) is 27.5 Å². The molecule has 2 aromatic heterocycles. The van der Waals surface area contributed by atoms with Crippen LogP contribution in [0.25, 0.3) is 5.78 Å². The normalized spacial score (nSPS) is 13.2. The number of aliphatic hydroxyl groups is 1. The Kier molecular flexibility index (Phi) is 5.47. The Bertz CT molecular complexity index is 1050. The van der Waals surface area contributed by atoms with Crippen molar-refractivity contribution in [1.29, 1.82) is 0 Å². The van der Waals surface area contributed by atoms with E-state index in [1.54, 1.807) is 6.07 Å². The first-order valence-electron chi connectivity index (χ1n) is 8.20. The molecule has 7 nitrogen and oxygen atoms in total. The maximum atomic E-state index is 13.5. The van der Waals surface area contributed by atoms with Crippen LogP contribution in [0, 0.1) is 12.7 Å². The minimum atomic E-state index is -4.81. The van der Waals surface area contributed by atoms with Gasteiger partial charge in [0, 0.05) is 17.3 Å². The number of alkyl halides is 3. The summed E-state index contributed by atoms with van der Waals surface area (Å²) < 4.78 is 59.2. The number of aliphatic hydroxyl groups excluding tert-OH is 1. The molecule has 0 aliphatic rings. The quantitative estimate of drug-likeness (QED) is 0.640. The van der Waals surface area contributed by atoms with E-state index in [1.807, 2.05) is 0 Å². The Labute approximate surface area is 155 Å². The third-order valence-corrected chi connectivity index (χ3v) is 3.97. The molecule has 0 saturated heterocycles. The van der Waals surface area contributed by atoms with Crippen LogP contribution in [0.3, 0.4) is 0 Å². The summed E-state index contributed by atoms with van der Waals surface area (Å²) >= 11 is 0. The molecule has 3 aromatic rings. The summed E-state index contributed by atoms with van der Waals surface area (Å²) in [5.41, 5.74) is -0.160. The van der Waals surface area contributed by atoms with E-state index in [0.29, 0.717) is 15.8 Å². The van der Waals surface area contributed by atoms with Crippen LogP contribution < -0.4 is 5.56 Å². The second-order valence-corrected chi connectivity index (χ2v) is 6.14. The van der Waals surface area contributed by atoms with Gasteiger partial charge in [0.05, 0.1) is 25.9 Å². The summed E-state index contributed by atoms with van der Waals surface area (Å²) in [5.74, 6) is -2.24. The van der Waals surface area contributed by atoms with Gasteiger partial charge in [-0.3, -0.25) is 4.79 Å². The molecule has 1 N–H and O–H groups in total. The predicted octanol–water partition coefficient (Wildman–Crippen LogP) is 1.94. The first kappa shape index (κ1) is 20.0. The Hall–Kier alpha value is -2.79. The fraction of sp³-hybridized carbons (Fsp3) is 0.353. The number of rotatable bonds is 6. The van der Waals surface area contributed by atoms with Gasteiger partial charge >= 0.3 is 6.18 Å². The van der Waals surface area contributed by atoms with E-state index in [0.717, 1.165) is 6.07 Å². The molecule has 0 aliphatic heterocycles. The molecule has 11 heteroatoms. The summed E-state index contributed by atoms with van der Waals surface area (Å²) in [4.78, 5) is 15.3. The van der Waals surface area contributed by atoms with Crippen LogP contribution in [0.4, 0.5) is 17.6 Å². The topological polar surface area (TPSA) is 81.7 Å². The van der Waals surface area contributed by atoms with E-state index < -0.39 is 29.5 Å². The van der Waals surface area contributed by atoms with Gasteiger partial charge in [0.15, 0.2) is 0 Å². The van der Waals surface area contributed by atoms with Crippen molar-refractivity contribution >= 4 is 5.78 Å². The first-order valence-corrected chi connectivity index (χ1v) is 8.20. The molecule has 28 heavy (non-hydrogen) atoms. The Morgan fingerprint density at radius 3 is 2.68 bits per heavy atom. The molecular weight excluding hydrogens is 384 g/mol. The molecule has 0 radical (unpaired) electrons. The smallest absolute Gasteiger partial charge is 0.389 e. The number of aryl methyl sites for hydroxylation is 1. The van der Waals surface area contributed by atoms with Crippen molar-refractivity contribution in [3.05, 3.63) is 63.6 Å². The number of fused-ring (bicyclic) bond motifs is 1. The molecule has 150 valence electrons. The van der Waals surface area contributed by atoms with Crippen molar-refractivity contribution in [2.75, 3.05) is 6.61 Å². The van der Waals surface area contributed by atoms with Crippen molar-refractivity contribution in [1.82, 2.24) is 19.2 Å². The lowest BCUT2D eigenvalue weighted by Crippen LogP contribution is -2.27. The third kappa shape index (κ3) is 4.20. The van der Waals surface area contributed by atoms with Crippen molar-refractivity contribution < 1.29 is 27.4 Å². The molecule has 0 spiro atoms. The fourth-order valence-corrected chi connectivity index (χ4v) is 2.63. The SMILES string of the molecule is Cc1cc(=O)n2nc(C(F)(F)F)nc2n1CC(O)COCc1ccccc1F. The molecule has 3 rings (SSSR count). The van der Waals surface area contributed by atoms with E-state index in [1.165, 1.54) is 29.7 Å². The highest BCUT2D eigenvalue weighted by Crippen LogP contribution is 2.26. The van der Waals surface area contributed by atoms with E-state index in [4.69, 9.17) is 4.74 Å². The van der Waals surface area contributed by atoms with Crippen LogP contribution in [-0.2, 0) is 24.1 Å². The lowest BCUT2D eigenvalue weighted by Gasteiger charge is -2.16. The summed E-state index contributed by atoms with van der Waals surface area (Å²) in [6.07, 6.45) is -5.95. The van der Waals surface area contributed by atoms with Gasteiger partial charge in [0.1, 0.15) is 5.82 Å². The highest BCUT2D eigenvalue weighted by atomic mass is 19.4. The van der Waals surface area contributed by atoms with Crippen LogP contribution in [-0.4, -0.2) is 37.0 Å². The fourth-order valence-electron chi connectivity index (χ4n) is 2.63. The number of benzene rings is 1. The van der Waals surface area contributed by atoms with Gasteiger partial charge in [0.2, 0.25) is 5.78 Å². The minimum absolute atomic E-state index is 0.0779. The lowest BCUT2D eigenvalue weighted by atomic mass is 10.2. The summed E-state index contributed by atoms with van der Waals surface area (Å²) in [6.45, 7) is 1.02. The Balaban J connectivity index is 1.76. The van der Waals surface area contributed by atoms with E-state index in [-0.39, 0.29) is 25.5 Å². The standard InChI is InChI=1S/C17H16F4N4O3/c1-10-6-14(27)25-16(22-15(23-25)17(19,20)21)24(10)7-12(26)9-28-8-11-4-2-3-5-13(11)18/h2-6,12,26H,7-9H2,1H3. The molecule has 0 fully saturated rings. The van der Waals surface area contributed by atoms with Crippen LogP contribution in [0.2, 0.25) is 0 Å². The van der Waals surface area contributed by atoms with Crippen molar-refractivity contribution in [2.45, 2.75) is 32.4 Å². The molecule has 1 atom stereocenters. The largest absolute Gasteiger partial charge is 0.453 e. The van der Waals surface area contributed by atoms with Gasteiger partial charge in [-0.2, -0.15) is 22.7 Å². The first-order chi connectivity index (χ1) is 13.2. The Morgan fingerprint density at radius 2 is 2.00 bits per heavy atom. The monoisotopic (exact) mass is 400 g/mol. The van der Waals surface area contributed by atoms with Crippen LogP contribution >= 0.6 is 0 Å². The van der Waals surface area contributed by atoms with Crippen molar-refractivity contribution in [2.24, 2.45) is 0 Å². The molecule has 2 heterocycles. The van der Waals surface area contributed by atoms with E-state index >= 15 is 0 Å². The summed E-state index contributed by atoms with van der Waals surface area (Å²) in [7, 11) is 0. The van der Waals surface area contributed by atoms with Gasteiger partial charge in [-0.05, 0) is 13.0 Å². The molecule has 0 bridgehead atoms. The zero-order chi connectivity index (χ0) is 20.5. The highest BCUT2D eigenvalue weighted by molar-refractivity contribution is 5.31. The van der Waals surface area contributed by atoms with Gasteiger partial charge in [-0.15, -0.1) is 5.10 Å². The predicted molar refractivity (Wildman–Crippen MR) is 89.0 cm³/mol. The summed E-state index contributed by atoms with van der Waals surface area (Å²) in [5, 5.41) is 13.4. The molecule has 1 aromatic carbocycles. The van der Waals surface area contributed by atoms with Crippen molar-refractivity contribution in [3.63, 3.8) is 0 Å². The molecule has 0 saturated carbocycles. The average Bonchev–Trinajstić information content (AvgIpc) is 3.06. The lowest BCUT2D eigenvalue weighted by molar-refractivity contribution is -0.144. The highest BCUT2D eigenvalue weighted by Gasteiger charge is 2.37. The zero-order valence-corrected chi connectivity index (χ0v) is 14.6. The number of hydrogen-bond donors (Lipinski definition) is 1. The number of aromatic nitrogens is 4. The molecular formula is C17H16F4N4O3. The molecule has 1 unspecified atom stereocenters. The van der Waals surface area contributed by atoms with Crippen LogP contribution in [0.15, 0.2) is 35.1 Å². The molecule has 0 amide bonds. The number of ether oxygens (including phenoxy) is 1. The average molecular weight is 400 g/mol. The Morgan fingerprint density at radius 1 is 1.29 bits per heavy atom. The van der Waals surface area contributed by atoms with Crippen molar-refractivity contribution in [3.8, 4) is 0 Å². The van der Waals surface area contributed by atoms with Gasteiger partial charge in [0.25, 0.3) is 11.4 Å². The van der Waals surface area contributed by atoms with Crippen LogP contribution in [0.5, 0.6) is 0 Å². The summed E-state index contributed by atoms with van der Waals surface area (Å²) in [6, 6.07) is 7.08. The molecule has 0 aliphatic carbocycles. The zero-order valence-electron chi connectivity index (χ0n) is 14.6. The van der Waals surface area contributed by atoms with Gasteiger partial charge in [-0.25, -0.2) is 4.39 Å². The number of hydrogen-bond acceptors (Lipinski definition) is 5. The van der Waals surface area contributed by atoms with Crippen LogP contribution in [0.1, 0.15) is 17.1 Å². The minimum Gasteiger partial charge on any atom is -0.389 e. The number of halogens is 4. The third-order valence-electron chi connectivity index (χ3n) is 3.97. The second kappa shape index (κ2) is 7.68. The maximum Gasteiger partial charge on any atom is 0.453 e. The van der Waals surface area contributed by atoms with E-state index in [2.05, 4.69) is 10.1 Å². The number of nitrogens with zero attached hydrogens (tertiary/aromatic N) is 4. The second-order valence-electron chi connectivity index (χ2n) is 6.14. The van der Waals surface area contributed by atoms with Gasteiger partial charge in [-0.1, -0.05) is 18.2 Å².